The summed E-state index contributed by atoms with van der Waals surface area (Å²) in [4.78, 5) is 4.03. The van der Waals surface area contributed by atoms with Crippen LogP contribution >= 0.6 is 23.2 Å². The Morgan fingerprint density at radius 2 is 1.91 bits per heavy atom. The molecule has 0 fully saturated rings. The molecule has 0 radical (unpaired) electrons. The van der Waals surface area contributed by atoms with Crippen molar-refractivity contribution in [2.45, 2.75) is 38.0 Å². The second-order valence-corrected chi connectivity index (χ2v) is 6.62. The van der Waals surface area contributed by atoms with E-state index >= 15 is 0 Å². The van der Waals surface area contributed by atoms with Gasteiger partial charge in [0, 0.05) is 12.1 Å². The van der Waals surface area contributed by atoms with Crippen LogP contribution in [0.4, 0.5) is 0 Å². The third-order valence-electron chi connectivity index (χ3n) is 4.62. The molecule has 0 aliphatic heterocycles. The van der Waals surface area contributed by atoms with Crippen molar-refractivity contribution >= 4 is 23.2 Å². The number of allylic oxidation sites excluding steroid dienone is 2. The first-order chi connectivity index (χ1) is 10.7. The molecule has 1 aliphatic carbocycles. The highest BCUT2D eigenvalue weighted by atomic mass is 35.5. The Kier molecular flexibility index (Phi) is 4.85. The van der Waals surface area contributed by atoms with Crippen molar-refractivity contribution in [3.05, 3.63) is 75.5 Å². The number of hydrogen-bond donors (Lipinski definition) is 0. The van der Waals surface area contributed by atoms with E-state index in [-0.39, 0.29) is 0 Å². The normalized spacial score (nSPS) is 19.6. The second kappa shape index (κ2) is 6.85. The van der Waals surface area contributed by atoms with E-state index in [4.69, 9.17) is 23.2 Å². The molecule has 3 heteroatoms. The number of aromatic nitrogens is 1. The molecular weight excluding hydrogens is 313 g/mol. The van der Waals surface area contributed by atoms with E-state index in [1.165, 1.54) is 17.6 Å². The highest BCUT2D eigenvalue weighted by Gasteiger charge is 2.22. The first kappa shape index (κ1) is 15.6. The van der Waals surface area contributed by atoms with Gasteiger partial charge in [-0.1, -0.05) is 72.1 Å². The van der Waals surface area contributed by atoms with Gasteiger partial charge in [0.05, 0.1) is 5.02 Å². The van der Waals surface area contributed by atoms with Crippen LogP contribution in [-0.4, -0.2) is 4.98 Å². The number of nitrogens with zero attached hydrogens (tertiary/aromatic N) is 1. The molecule has 0 spiro atoms. The third kappa shape index (κ3) is 3.21. The average Bonchev–Trinajstić information content (AvgIpc) is 2.58. The van der Waals surface area contributed by atoms with Crippen molar-refractivity contribution in [3.63, 3.8) is 0 Å². The monoisotopic (exact) mass is 331 g/mol. The number of halogens is 2. The lowest BCUT2D eigenvalue weighted by molar-refractivity contribution is 0.577. The molecule has 2 aromatic rings. The van der Waals surface area contributed by atoms with Crippen molar-refractivity contribution < 1.29 is 0 Å². The molecule has 1 aromatic heterocycles. The molecule has 3 rings (SSSR count). The van der Waals surface area contributed by atoms with Crippen LogP contribution < -0.4 is 0 Å². The molecular formula is C19H19Cl2N. The predicted octanol–water partition coefficient (Wildman–Crippen LogP) is 6.39. The zero-order valence-electron chi connectivity index (χ0n) is 12.6. The van der Waals surface area contributed by atoms with Gasteiger partial charge in [0.2, 0.25) is 0 Å². The lowest BCUT2D eigenvalue weighted by atomic mass is 9.79. The molecule has 0 amide bonds. The maximum atomic E-state index is 6.31. The zero-order valence-corrected chi connectivity index (χ0v) is 14.1. The van der Waals surface area contributed by atoms with Crippen LogP contribution in [0.25, 0.3) is 0 Å². The molecule has 2 atom stereocenters. The smallest absolute Gasteiger partial charge is 0.147 e. The van der Waals surface area contributed by atoms with E-state index in [2.05, 4.69) is 48.3 Å². The summed E-state index contributed by atoms with van der Waals surface area (Å²) < 4.78 is 0. The Morgan fingerprint density at radius 3 is 2.59 bits per heavy atom. The summed E-state index contributed by atoms with van der Waals surface area (Å²) in [6.45, 7) is 2.20. The topological polar surface area (TPSA) is 12.9 Å². The molecule has 0 bridgehead atoms. The van der Waals surface area contributed by atoms with Gasteiger partial charge in [0.1, 0.15) is 5.15 Å². The highest BCUT2D eigenvalue weighted by Crippen LogP contribution is 2.40. The van der Waals surface area contributed by atoms with Crippen LogP contribution in [0.1, 0.15) is 49.1 Å². The Labute approximate surface area is 142 Å². The molecule has 1 nitrogen and oxygen atoms in total. The van der Waals surface area contributed by atoms with E-state index in [1.54, 1.807) is 6.20 Å². The SMILES string of the molecule is CC(C1=CCC(c2ccccc2)CC1)c1ccnc(Cl)c1Cl. The van der Waals surface area contributed by atoms with Crippen molar-refractivity contribution in [3.8, 4) is 0 Å². The maximum absolute atomic E-state index is 6.31. The lowest BCUT2D eigenvalue weighted by Crippen LogP contribution is -2.09. The van der Waals surface area contributed by atoms with Gasteiger partial charge < -0.3 is 0 Å². The summed E-state index contributed by atoms with van der Waals surface area (Å²) >= 11 is 12.3. The van der Waals surface area contributed by atoms with Gasteiger partial charge >= 0.3 is 0 Å². The number of rotatable bonds is 3. The van der Waals surface area contributed by atoms with E-state index < -0.39 is 0 Å². The second-order valence-electron chi connectivity index (χ2n) is 5.89. The Balaban J connectivity index is 1.77. The third-order valence-corrected chi connectivity index (χ3v) is 5.40. The first-order valence-electron chi connectivity index (χ1n) is 7.70. The average molecular weight is 332 g/mol. The molecule has 2 unspecified atom stereocenters. The minimum atomic E-state index is 0.296. The number of pyridine rings is 1. The summed E-state index contributed by atoms with van der Waals surface area (Å²) in [6, 6.07) is 12.7. The fourth-order valence-corrected chi connectivity index (χ4v) is 3.68. The van der Waals surface area contributed by atoms with E-state index in [1.807, 2.05) is 6.07 Å². The Bertz CT molecular complexity index is 679. The molecule has 1 aromatic carbocycles. The predicted molar refractivity (Wildman–Crippen MR) is 93.8 cm³/mol. The van der Waals surface area contributed by atoms with Crippen LogP contribution in [0.2, 0.25) is 10.2 Å². The van der Waals surface area contributed by atoms with Gasteiger partial charge in [0.15, 0.2) is 0 Å². The summed E-state index contributed by atoms with van der Waals surface area (Å²) in [6.07, 6.45) is 7.51. The van der Waals surface area contributed by atoms with E-state index in [9.17, 15) is 0 Å². The summed E-state index contributed by atoms with van der Waals surface area (Å²) in [5, 5.41) is 0.979. The Hall–Kier alpha value is -1.31. The van der Waals surface area contributed by atoms with Crippen LogP contribution in [0.5, 0.6) is 0 Å². The van der Waals surface area contributed by atoms with Gasteiger partial charge in [-0.15, -0.1) is 0 Å². The van der Waals surface area contributed by atoms with Crippen molar-refractivity contribution in [1.82, 2.24) is 4.98 Å². The molecule has 0 saturated carbocycles. The van der Waals surface area contributed by atoms with Crippen LogP contribution in [0.15, 0.2) is 54.2 Å². The standard InChI is InChI=1S/C19H19Cl2N/c1-13(17-11-12-22-19(21)18(17)20)14-7-9-16(10-8-14)15-5-3-2-4-6-15/h2-7,11-13,16H,8-10H2,1H3. The summed E-state index contributed by atoms with van der Waals surface area (Å²) in [5.41, 5.74) is 3.97. The van der Waals surface area contributed by atoms with Crippen LogP contribution in [0, 0.1) is 0 Å². The van der Waals surface area contributed by atoms with Crippen LogP contribution in [-0.2, 0) is 0 Å². The molecule has 1 heterocycles. The largest absolute Gasteiger partial charge is 0.243 e. The van der Waals surface area contributed by atoms with Gasteiger partial charge in [0.25, 0.3) is 0 Å². The lowest BCUT2D eigenvalue weighted by Gasteiger charge is -2.26. The quantitative estimate of drug-likeness (QED) is 0.469. The van der Waals surface area contributed by atoms with Crippen LogP contribution in [0.3, 0.4) is 0 Å². The van der Waals surface area contributed by atoms with Gasteiger partial charge in [-0.05, 0) is 42.4 Å². The zero-order chi connectivity index (χ0) is 15.5. The van der Waals surface area contributed by atoms with Gasteiger partial charge in [-0.25, -0.2) is 4.98 Å². The molecule has 0 N–H and O–H groups in total. The maximum Gasteiger partial charge on any atom is 0.147 e. The molecule has 22 heavy (non-hydrogen) atoms. The van der Waals surface area contributed by atoms with E-state index in [0.29, 0.717) is 22.0 Å². The van der Waals surface area contributed by atoms with Crippen molar-refractivity contribution in [2.24, 2.45) is 0 Å². The van der Waals surface area contributed by atoms with Gasteiger partial charge in [-0.3, -0.25) is 0 Å². The highest BCUT2D eigenvalue weighted by molar-refractivity contribution is 6.41. The summed E-state index contributed by atoms with van der Waals surface area (Å²) in [5.74, 6) is 0.929. The van der Waals surface area contributed by atoms with Gasteiger partial charge in [-0.2, -0.15) is 0 Å². The minimum Gasteiger partial charge on any atom is -0.243 e. The van der Waals surface area contributed by atoms with E-state index in [0.717, 1.165) is 18.4 Å². The Morgan fingerprint density at radius 1 is 1.14 bits per heavy atom. The van der Waals surface area contributed by atoms with Crippen molar-refractivity contribution in [1.29, 1.82) is 0 Å². The molecule has 1 aliphatic rings. The number of benzene rings is 1. The molecule has 114 valence electrons. The fraction of sp³-hybridized carbons (Fsp3) is 0.316. The number of hydrogen-bond acceptors (Lipinski definition) is 1. The summed E-state index contributed by atoms with van der Waals surface area (Å²) in [7, 11) is 0. The molecule has 0 saturated heterocycles. The minimum absolute atomic E-state index is 0.296. The fourth-order valence-electron chi connectivity index (χ4n) is 3.24. The van der Waals surface area contributed by atoms with Crippen molar-refractivity contribution in [2.75, 3.05) is 0 Å². The first-order valence-corrected chi connectivity index (χ1v) is 8.46.